The predicted octanol–water partition coefficient (Wildman–Crippen LogP) is 6.42. The molecule has 0 saturated carbocycles. The Bertz CT molecular complexity index is 1060. The molecule has 9 heteroatoms. The lowest BCUT2D eigenvalue weighted by atomic mass is 10.0. The van der Waals surface area contributed by atoms with Crippen LogP contribution < -0.4 is 4.74 Å². The zero-order chi connectivity index (χ0) is 23.5. The van der Waals surface area contributed by atoms with Crippen molar-refractivity contribution >= 4 is 11.5 Å². The highest BCUT2D eigenvalue weighted by atomic mass is 32.1. The molecule has 1 heterocycles. The highest BCUT2D eigenvalue weighted by Crippen LogP contribution is 2.40. The van der Waals surface area contributed by atoms with Crippen LogP contribution in [0, 0.1) is 17.6 Å². The van der Waals surface area contributed by atoms with E-state index >= 15 is 0 Å². The first kappa shape index (κ1) is 24.1. The quantitative estimate of drug-likeness (QED) is 0.386. The Balaban J connectivity index is 1.96. The molecule has 1 N–H and O–H groups in total. The molecule has 1 atom stereocenters. The third-order valence-electron chi connectivity index (χ3n) is 5.05. The van der Waals surface area contributed by atoms with E-state index < -0.39 is 35.0 Å². The first-order valence-corrected chi connectivity index (χ1v) is 10.8. The maximum atomic E-state index is 14.8. The van der Waals surface area contributed by atoms with Crippen LogP contribution >= 0.6 is 11.5 Å². The highest BCUT2D eigenvalue weighted by molar-refractivity contribution is 7.06. The van der Waals surface area contributed by atoms with Crippen molar-refractivity contribution in [1.29, 1.82) is 0 Å². The number of aryl methyl sites for hydroxylation is 1. The summed E-state index contributed by atoms with van der Waals surface area (Å²) >= 11 is 0.276. The van der Waals surface area contributed by atoms with Gasteiger partial charge >= 0.3 is 6.18 Å². The van der Waals surface area contributed by atoms with Gasteiger partial charge in [0.1, 0.15) is 11.5 Å². The van der Waals surface area contributed by atoms with Gasteiger partial charge in [-0.05, 0) is 47.5 Å². The van der Waals surface area contributed by atoms with Gasteiger partial charge in [-0.3, -0.25) is 0 Å². The van der Waals surface area contributed by atoms with Gasteiger partial charge in [-0.25, -0.2) is 8.78 Å². The third kappa shape index (κ3) is 5.27. The van der Waals surface area contributed by atoms with Gasteiger partial charge in [0.05, 0.1) is 5.69 Å². The Morgan fingerprint density at radius 3 is 2.38 bits per heavy atom. The minimum atomic E-state index is -4.69. The van der Waals surface area contributed by atoms with Crippen LogP contribution in [0.2, 0.25) is 0 Å². The van der Waals surface area contributed by atoms with Gasteiger partial charge in [-0.2, -0.15) is 17.5 Å². The standard InChI is InChI=1S/C23H22F5NO2S/c1-3-14-4-6-15(7-5-14)20-17(22(32-29-20)23(26,27)28)12-31-21-18(24)9-8-16(19(21)25)10-13(2)11-30/h4-9,13,30H,3,10-12H2,1-2H3. The molecule has 3 rings (SSSR count). The molecule has 1 aromatic heterocycles. The lowest BCUT2D eigenvalue weighted by Crippen LogP contribution is -2.11. The summed E-state index contributed by atoms with van der Waals surface area (Å²) in [4.78, 5) is -0.974. The molecule has 172 valence electrons. The van der Waals surface area contributed by atoms with Crippen LogP contribution in [0.25, 0.3) is 11.3 Å². The van der Waals surface area contributed by atoms with Crippen molar-refractivity contribution in [3.05, 3.63) is 69.6 Å². The summed E-state index contributed by atoms with van der Waals surface area (Å²) in [7, 11) is 0. The molecule has 3 aromatic rings. The Morgan fingerprint density at radius 2 is 1.78 bits per heavy atom. The Labute approximate surface area is 186 Å². The van der Waals surface area contributed by atoms with Crippen LogP contribution in [0.3, 0.4) is 0 Å². The second-order valence-electron chi connectivity index (χ2n) is 7.52. The molecule has 0 aliphatic carbocycles. The smallest absolute Gasteiger partial charge is 0.427 e. The highest BCUT2D eigenvalue weighted by Gasteiger charge is 2.38. The fourth-order valence-corrected chi connectivity index (χ4v) is 4.01. The van der Waals surface area contributed by atoms with Crippen LogP contribution in [0.15, 0.2) is 36.4 Å². The molecule has 0 spiro atoms. The molecular formula is C23H22F5NO2S. The molecular weight excluding hydrogens is 449 g/mol. The average Bonchev–Trinajstić information content (AvgIpc) is 3.20. The summed E-state index contributed by atoms with van der Waals surface area (Å²) in [5.41, 5.74) is 1.36. The maximum absolute atomic E-state index is 14.8. The van der Waals surface area contributed by atoms with E-state index in [-0.39, 0.29) is 47.3 Å². The fourth-order valence-electron chi connectivity index (χ4n) is 3.24. The number of alkyl halides is 3. The first-order valence-electron chi connectivity index (χ1n) is 10.0. The van der Waals surface area contributed by atoms with Crippen molar-refractivity contribution in [3.63, 3.8) is 0 Å². The van der Waals surface area contributed by atoms with Gasteiger partial charge in [0, 0.05) is 17.7 Å². The zero-order valence-electron chi connectivity index (χ0n) is 17.5. The third-order valence-corrected chi connectivity index (χ3v) is 5.99. The van der Waals surface area contributed by atoms with Gasteiger partial charge in [0.2, 0.25) is 0 Å². The summed E-state index contributed by atoms with van der Waals surface area (Å²) in [5.74, 6) is -3.04. The van der Waals surface area contributed by atoms with Crippen molar-refractivity contribution < 1.29 is 31.8 Å². The Hall–Kier alpha value is -2.52. The monoisotopic (exact) mass is 471 g/mol. The van der Waals surface area contributed by atoms with Crippen LogP contribution in [0.1, 0.15) is 35.4 Å². The van der Waals surface area contributed by atoms with E-state index in [1.165, 1.54) is 6.07 Å². The Morgan fingerprint density at radius 1 is 1.09 bits per heavy atom. The number of nitrogens with zero attached hydrogens (tertiary/aromatic N) is 1. The molecule has 0 aliphatic rings. The van der Waals surface area contributed by atoms with E-state index in [1.807, 2.05) is 6.92 Å². The van der Waals surface area contributed by atoms with Crippen LogP contribution in [0.5, 0.6) is 5.75 Å². The molecule has 0 fully saturated rings. The molecule has 32 heavy (non-hydrogen) atoms. The summed E-state index contributed by atoms with van der Waals surface area (Å²) in [6.07, 6.45) is -3.79. The number of aromatic nitrogens is 1. The zero-order valence-corrected chi connectivity index (χ0v) is 18.3. The van der Waals surface area contributed by atoms with Crippen LogP contribution in [-0.2, 0) is 25.6 Å². The van der Waals surface area contributed by atoms with E-state index in [9.17, 15) is 27.1 Å². The van der Waals surface area contributed by atoms with Crippen LogP contribution in [-0.4, -0.2) is 16.1 Å². The first-order chi connectivity index (χ1) is 15.2. The minimum Gasteiger partial charge on any atom is -0.483 e. The van der Waals surface area contributed by atoms with Crippen molar-refractivity contribution in [2.75, 3.05) is 6.61 Å². The molecule has 3 nitrogen and oxygen atoms in total. The van der Waals surface area contributed by atoms with Crippen molar-refractivity contribution in [3.8, 4) is 17.0 Å². The predicted molar refractivity (Wildman–Crippen MR) is 113 cm³/mol. The molecule has 0 amide bonds. The number of aliphatic hydroxyl groups excluding tert-OH is 1. The lowest BCUT2D eigenvalue weighted by molar-refractivity contribution is -0.135. The van der Waals surface area contributed by atoms with Gasteiger partial charge in [0.15, 0.2) is 17.4 Å². The SMILES string of the molecule is CCc1ccc(-c2nsc(C(F)(F)F)c2COc2c(F)ccc(CC(C)CO)c2F)cc1. The van der Waals surface area contributed by atoms with E-state index in [4.69, 9.17) is 4.74 Å². The van der Waals surface area contributed by atoms with E-state index in [1.54, 1.807) is 31.2 Å². The van der Waals surface area contributed by atoms with E-state index in [0.29, 0.717) is 5.56 Å². The Kier molecular flexibility index (Phi) is 7.51. The second-order valence-corrected chi connectivity index (χ2v) is 8.29. The van der Waals surface area contributed by atoms with Crippen molar-refractivity contribution in [1.82, 2.24) is 4.37 Å². The van der Waals surface area contributed by atoms with Crippen molar-refractivity contribution in [2.24, 2.45) is 5.92 Å². The number of aliphatic hydroxyl groups is 1. The van der Waals surface area contributed by atoms with Gasteiger partial charge < -0.3 is 9.84 Å². The molecule has 2 aromatic carbocycles. The fraction of sp³-hybridized carbons (Fsp3) is 0.348. The summed E-state index contributed by atoms with van der Waals surface area (Å²) < 4.78 is 79.0. The second kappa shape index (κ2) is 9.95. The van der Waals surface area contributed by atoms with Gasteiger partial charge in [-0.1, -0.05) is 44.2 Å². The molecule has 0 saturated heterocycles. The molecule has 0 radical (unpaired) electrons. The number of ether oxygens (including phenoxy) is 1. The van der Waals surface area contributed by atoms with Crippen LogP contribution in [0.4, 0.5) is 22.0 Å². The topological polar surface area (TPSA) is 42.4 Å². The molecule has 0 bridgehead atoms. The number of rotatable bonds is 8. The summed E-state index contributed by atoms with van der Waals surface area (Å²) in [6.45, 7) is 2.75. The average molecular weight is 471 g/mol. The molecule has 1 unspecified atom stereocenters. The molecule has 0 aliphatic heterocycles. The van der Waals surface area contributed by atoms with Crippen molar-refractivity contribution in [2.45, 2.75) is 39.5 Å². The minimum absolute atomic E-state index is 0.0656. The maximum Gasteiger partial charge on any atom is 0.427 e. The largest absolute Gasteiger partial charge is 0.483 e. The number of hydrogen-bond acceptors (Lipinski definition) is 4. The van der Waals surface area contributed by atoms with Gasteiger partial charge in [-0.15, -0.1) is 0 Å². The lowest BCUT2D eigenvalue weighted by Gasteiger charge is -2.15. The van der Waals surface area contributed by atoms with E-state index in [0.717, 1.165) is 18.1 Å². The van der Waals surface area contributed by atoms with Gasteiger partial charge in [0.25, 0.3) is 0 Å². The normalized spacial score (nSPS) is 12.8. The summed E-state index contributed by atoms with van der Waals surface area (Å²) in [6, 6.07) is 9.14. The number of halogens is 5. The number of hydrogen-bond donors (Lipinski definition) is 1. The number of benzene rings is 2. The summed E-state index contributed by atoms with van der Waals surface area (Å²) in [5, 5.41) is 9.18. The van der Waals surface area contributed by atoms with E-state index in [2.05, 4.69) is 4.37 Å².